The van der Waals surface area contributed by atoms with Crippen LogP contribution in [0.5, 0.6) is 0 Å². The van der Waals surface area contributed by atoms with E-state index in [0.717, 1.165) is 21.9 Å². The Hall–Kier alpha value is -4.25. The summed E-state index contributed by atoms with van der Waals surface area (Å²) in [5.41, 5.74) is 2.78. The van der Waals surface area contributed by atoms with Crippen molar-refractivity contribution >= 4 is 33.1 Å². The van der Waals surface area contributed by atoms with Crippen LogP contribution in [-0.2, 0) is 11.2 Å². The quantitative estimate of drug-likeness (QED) is 0.390. The molecule has 0 radical (unpaired) electrons. The van der Waals surface area contributed by atoms with Crippen molar-refractivity contribution in [2.75, 3.05) is 5.32 Å². The first-order valence-electron chi connectivity index (χ1n) is 10.8. The largest absolute Gasteiger partial charge is 0.366 e. The fraction of sp³-hybridized carbons (Fsp3) is 0.107. The lowest BCUT2D eigenvalue weighted by molar-refractivity contribution is -0.117. The van der Waals surface area contributed by atoms with Crippen LogP contribution in [0.3, 0.4) is 0 Å². The number of anilines is 1. The van der Waals surface area contributed by atoms with E-state index in [9.17, 15) is 9.59 Å². The smallest absolute Gasteiger partial charge is 0.326 e. The Labute approximate surface area is 190 Å². The number of hydrogen-bond donors (Lipinski definition) is 1. The molecule has 0 bridgehead atoms. The molecular weight excluding hydrogens is 412 g/mol. The molecule has 1 unspecified atom stereocenters. The van der Waals surface area contributed by atoms with Gasteiger partial charge in [-0.05, 0) is 53.4 Å². The number of rotatable bonds is 5. The Balaban J connectivity index is 1.51. The molecule has 1 N–H and O–H groups in total. The zero-order valence-corrected chi connectivity index (χ0v) is 18.1. The van der Waals surface area contributed by atoms with Gasteiger partial charge in [0.2, 0.25) is 5.91 Å². The zero-order valence-electron chi connectivity index (χ0n) is 18.1. The summed E-state index contributed by atoms with van der Waals surface area (Å²) in [7, 11) is 0. The Morgan fingerprint density at radius 1 is 0.879 bits per heavy atom. The summed E-state index contributed by atoms with van der Waals surface area (Å²) in [6, 6.07) is 29.4. The summed E-state index contributed by atoms with van der Waals surface area (Å²) >= 11 is 0. The van der Waals surface area contributed by atoms with Crippen molar-refractivity contribution in [2.24, 2.45) is 0 Å². The predicted octanol–water partition coefficient (Wildman–Crippen LogP) is 5.61. The van der Waals surface area contributed by atoms with Crippen molar-refractivity contribution in [1.29, 1.82) is 0 Å². The number of hydrogen-bond acceptors (Lipinski definition) is 4. The second-order valence-electron chi connectivity index (χ2n) is 8.11. The van der Waals surface area contributed by atoms with Crippen molar-refractivity contribution in [2.45, 2.75) is 19.3 Å². The van der Waals surface area contributed by atoms with Crippen LogP contribution in [0, 0.1) is 6.92 Å². The van der Waals surface area contributed by atoms with Gasteiger partial charge in [0.25, 0.3) is 0 Å². The fourth-order valence-corrected chi connectivity index (χ4v) is 4.27. The molecule has 5 nitrogen and oxygen atoms in total. The number of nitrogens with one attached hydrogen (secondary N) is 1. The first kappa shape index (κ1) is 20.6. The molecular formula is C28H22N2O3. The summed E-state index contributed by atoms with van der Waals surface area (Å²) in [4.78, 5) is 25.5. The lowest BCUT2D eigenvalue weighted by Gasteiger charge is -2.19. The van der Waals surface area contributed by atoms with Gasteiger partial charge in [0.05, 0.1) is 17.0 Å². The van der Waals surface area contributed by atoms with Gasteiger partial charge >= 0.3 is 5.63 Å². The van der Waals surface area contributed by atoms with Crippen LogP contribution in [0.1, 0.15) is 22.7 Å². The molecule has 0 aliphatic rings. The minimum Gasteiger partial charge on any atom is -0.326 e. The number of fused-ring (bicyclic) bond motifs is 2. The van der Waals surface area contributed by atoms with E-state index in [0.29, 0.717) is 28.6 Å². The molecule has 1 amide bonds. The Morgan fingerprint density at radius 2 is 1.64 bits per heavy atom. The van der Waals surface area contributed by atoms with Crippen molar-refractivity contribution in [3.8, 4) is 0 Å². The molecule has 33 heavy (non-hydrogen) atoms. The first-order valence-corrected chi connectivity index (χ1v) is 10.8. The Morgan fingerprint density at radius 3 is 2.48 bits per heavy atom. The second-order valence-corrected chi connectivity index (χ2v) is 8.11. The summed E-state index contributed by atoms with van der Waals surface area (Å²) in [5, 5.41) is 10.2. The van der Waals surface area contributed by atoms with E-state index in [4.69, 9.17) is 4.52 Å². The normalized spacial score (nSPS) is 12.0. The molecule has 0 fully saturated rings. The van der Waals surface area contributed by atoms with Crippen LogP contribution >= 0.6 is 0 Å². The average Bonchev–Trinajstić information content (AvgIpc) is 2.85. The van der Waals surface area contributed by atoms with Gasteiger partial charge in [-0.3, -0.25) is 4.79 Å². The Bertz CT molecular complexity index is 1520. The van der Waals surface area contributed by atoms with Crippen LogP contribution in [-0.4, -0.2) is 11.1 Å². The van der Waals surface area contributed by atoms with Crippen molar-refractivity contribution in [3.63, 3.8) is 0 Å². The molecule has 5 heteroatoms. The van der Waals surface area contributed by atoms with Gasteiger partial charge in [-0.25, -0.2) is 4.79 Å². The number of aromatic nitrogens is 1. The second kappa shape index (κ2) is 8.71. The number of carbonyl (C=O) groups excluding carboxylic acids is 1. The molecule has 5 aromatic rings. The lowest BCUT2D eigenvalue weighted by Crippen LogP contribution is -2.23. The molecule has 162 valence electrons. The summed E-state index contributed by atoms with van der Waals surface area (Å²) in [6.07, 6.45) is 0.564. The van der Waals surface area contributed by atoms with E-state index >= 15 is 0 Å². The van der Waals surface area contributed by atoms with E-state index in [1.807, 2.05) is 48.5 Å². The van der Waals surface area contributed by atoms with E-state index < -0.39 is 5.63 Å². The fourth-order valence-electron chi connectivity index (χ4n) is 4.27. The maximum atomic E-state index is 13.5. The van der Waals surface area contributed by atoms with E-state index in [-0.39, 0.29) is 11.8 Å². The number of benzene rings is 4. The molecule has 0 saturated carbocycles. The van der Waals surface area contributed by atoms with Crippen LogP contribution in [0.15, 0.2) is 100 Å². The average molecular weight is 434 g/mol. The SMILES string of the molecule is Cc1noc(=O)c2ccc(NC(=O)C(Cc3cccc4ccccc34)c3ccccc3)cc12. The van der Waals surface area contributed by atoms with Gasteiger partial charge in [0, 0.05) is 11.1 Å². The van der Waals surface area contributed by atoms with E-state index in [2.05, 4.69) is 34.7 Å². The predicted molar refractivity (Wildman–Crippen MR) is 130 cm³/mol. The van der Waals surface area contributed by atoms with E-state index in [1.54, 1.807) is 25.1 Å². The molecule has 1 aromatic heterocycles. The van der Waals surface area contributed by atoms with Crippen LogP contribution < -0.4 is 10.9 Å². The first-order chi connectivity index (χ1) is 16.1. The Kier molecular flexibility index (Phi) is 5.45. The van der Waals surface area contributed by atoms with Gasteiger partial charge < -0.3 is 9.84 Å². The highest BCUT2D eigenvalue weighted by Gasteiger charge is 2.22. The summed E-state index contributed by atoms with van der Waals surface area (Å²) in [6.45, 7) is 1.77. The summed E-state index contributed by atoms with van der Waals surface area (Å²) in [5.74, 6) is -0.491. The number of amides is 1. The minimum atomic E-state index is -0.494. The van der Waals surface area contributed by atoms with Crippen LogP contribution in [0.4, 0.5) is 5.69 Å². The van der Waals surface area contributed by atoms with E-state index in [1.165, 1.54) is 0 Å². The molecule has 0 aliphatic heterocycles. The topological polar surface area (TPSA) is 72.2 Å². The minimum absolute atomic E-state index is 0.109. The third kappa shape index (κ3) is 4.13. The maximum Gasteiger partial charge on any atom is 0.366 e. The van der Waals surface area contributed by atoms with Crippen LogP contribution in [0.25, 0.3) is 21.5 Å². The molecule has 0 saturated heterocycles. The number of nitrogens with zero attached hydrogens (tertiary/aromatic N) is 1. The van der Waals surface area contributed by atoms with Gasteiger partial charge in [0.1, 0.15) is 0 Å². The van der Waals surface area contributed by atoms with Gasteiger partial charge in [-0.1, -0.05) is 78.0 Å². The monoisotopic (exact) mass is 434 g/mol. The molecule has 0 spiro atoms. The number of aryl methyl sites for hydroxylation is 1. The van der Waals surface area contributed by atoms with Gasteiger partial charge in [0.15, 0.2) is 0 Å². The van der Waals surface area contributed by atoms with Gasteiger partial charge in [-0.2, -0.15) is 0 Å². The standard InChI is InChI=1S/C28H22N2O3/c1-18-25-17-22(14-15-24(25)28(32)33-30-18)29-27(31)26(20-8-3-2-4-9-20)16-21-12-7-11-19-10-5-6-13-23(19)21/h2-15,17,26H,16H2,1H3,(H,29,31). The highest BCUT2D eigenvalue weighted by Crippen LogP contribution is 2.28. The maximum absolute atomic E-state index is 13.5. The lowest BCUT2D eigenvalue weighted by atomic mass is 9.89. The van der Waals surface area contributed by atoms with Crippen molar-refractivity contribution in [3.05, 3.63) is 118 Å². The zero-order chi connectivity index (χ0) is 22.8. The molecule has 1 heterocycles. The van der Waals surface area contributed by atoms with Gasteiger partial charge in [-0.15, -0.1) is 0 Å². The highest BCUT2D eigenvalue weighted by atomic mass is 16.5. The van der Waals surface area contributed by atoms with Crippen LogP contribution in [0.2, 0.25) is 0 Å². The summed E-state index contributed by atoms with van der Waals surface area (Å²) < 4.78 is 4.80. The third-order valence-electron chi connectivity index (χ3n) is 5.98. The molecule has 4 aromatic carbocycles. The molecule has 0 aliphatic carbocycles. The number of carbonyl (C=O) groups is 1. The van der Waals surface area contributed by atoms with Crippen molar-refractivity contribution in [1.82, 2.24) is 5.16 Å². The molecule has 1 atom stereocenters. The van der Waals surface area contributed by atoms with Crippen molar-refractivity contribution < 1.29 is 9.32 Å². The highest BCUT2D eigenvalue weighted by molar-refractivity contribution is 5.99. The third-order valence-corrected chi connectivity index (χ3v) is 5.98. The molecule has 5 rings (SSSR count).